The molecule has 21 heavy (non-hydrogen) atoms. The molecular formula is C14H17BrFNO3S. The number of nitrogens with one attached hydrogen (secondary N) is 1. The van der Waals surface area contributed by atoms with E-state index in [-0.39, 0.29) is 17.6 Å². The first-order valence-electron chi connectivity index (χ1n) is 6.42. The monoisotopic (exact) mass is 377 g/mol. The number of rotatable bonds is 6. The molecule has 116 valence electrons. The highest BCUT2D eigenvalue weighted by atomic mass is 79.9. The van der Waals surface area contributed by atoms with Gasteiger partial charge in [0.25, 0.3) is 0 Å². The highest BCUT2D eigenvalue weighted by molar-refractivity contribution is 9.10. The molecule has 0 fully saturated rings. The van der Waals surface area contributed by atoms with E-state index < -0.39 is 11.1 Å². The van der Waals surface area contributed by atoms with Crippen LogP contribution in [0.5, 0.6) is 0 Å². The van der Waals surface area contributed by atoms with Crippen molar-refractivity contribution < 1.29 is 18.7 Å². The number of benzene rings is 1. The minimum absolute atomic E-state index is 0.108. The van der Waals surface area contributed by atoms with Gasteiger partial charge in [-0.05, 0) is 41.4 Å². The highest BCUT2D eigenvalue weighted by Crippen LogP contribution is 2.35. The van der Waals surface area contributed by atoms with E-state index >= 15 is 0 Å². The molecule has 1 N–H and O–H groups in total. The molecule has 0 aliphatic rings. The number of amides is 1. The SMILES string of the molecule is CCCC(=O)Nc1cc(SC(C)C(=O)OC)c(Br)cc1F. The molecule has 1 aromatic carbocycles. The summed E-state index contributed by atoms with van der Waals surface area (Å²) in [4.78, 5) is 23.7. The third kappa shape index (κ3) is 5.32. The first kappa shape index (κ1) is 18.0. The number of hydrogen-bond donors (Lipinski definition) is 1. The van der Waals surface area contributed by atoms with Crippen molar-refractivity contribution >= 4 is 45.3 Å². The summed E-state index contributed by atoms with van der Waals surface area (Å²) in [7, 11) is 1.31. The first-order valence-corrected chi connectivity index (χ1v) is 8.09. The van der Waals surface area contributed by atoms with E-state index in [0.29, 0.717) is 22.2 Å². The summed E-state index contributed by atoms with van der Waals surface area (Å²) in [6.07, 6.45) is 1.02. The standard InChI is InChI=1S/C14H17BrFNO3S/c1-4-5-13(18)17-11-7-12(9(15)6-10(11)16)21-8(2)14(19)20-3/h6-8H,4-5H2,1-3H3,(H,17,18). The van der Waals surface area contributed by atoms with Crippen LogP contribution in [0.1, 0.15) is 26.7 Å². The zero-order valence-electron chi connectivity index (χ0n) is 12.0. The Bertz CT molecular complexity index is 539. The summed E-state index contributed by atoms with van der Waals surface area (Å²) in [5, 5.41) is 2.10. The summed E-state index contributed by atoms with van der Waals surface area (Å²) in [5.41, 5.74) is 0.108. The molecule has 0 aromatic heterocycles. The van der Waals surface area contributed by atoms with Gasteiger partial charge in [-0.3, -0.25) is 9.59 Å². The van der Waals surface area contributed by atoms with Crippen molar-refractivity contribution in [2.45, 2.75) is 36.8 Å². The van der Waals surface area contributed by atoms with Crippen LogP contribution in [0.3, 0.4) is 0 Å². The van der Waals surface area contributed by atoms with Gasteiger partial charge in [-0.25, -0.2) is 4.39 Å². The summed E-state index contributed by atoms with van der Waals surface area (Å²) >= 11 is 4.48. The number of methoxy groups -OCH3 is 1. The van der Waals surface area contributed by atoms with Crippen LogP contribution in [0.2, 0.25) is 0 Å². The zero-order valence-corrected chi connectivity index (χ0v) is 14.4. The molecule has 0 aliphatic carbocycles. The first-order chi connectivity index (χ1) is 9.88. The Kier molecular flexibility index (Phi) is 7.17. The van der Waals surface area contributed by atoms with Gasteiger partial charge < -0.3 is 10.1 Å². The minimum atomic E-state index is -0.526. The summed E-state index contributed by atoms with van der Waals surface area (Å²) in [6.45, 7) is 3.57. The van der Waals surface area contributed by atoms with Gasteiger partial charge in [0.1, 0.15) is 11.1 Å². The Balaban J connectivity index is 2.95. The third-order valence-corrected chi connectivity index (χ3v) is 4.67. The third-order valence-electron chi connectivity index (χ3n) is 2.61. The second-order valence-corrected chi connectivity index (χ2v) is 6.58. The lowest BCUT2D eigenvalue weighted by Gasteiger charge is -2.13. The molecule has 1 atom stereocenters. The molecule has 0 saturated carbocycles. The van der Waals surface area contributed by atoms with Crippen molar-refractivity contribution in [1.82, 2.24) is 0 Å². The van der Waals surface area contributed by atoms with Crippen LogP contribution < -0.4 is 5.32 Å². The Morgan fingerprint density at radius 3 is 2.71 bits per heavy atom. The number of carbonyl (C=O) groups is 2. The van der Waals surface area contributed by atoms with Gasteiger partial charge in [0.2, 0.25) is 5.91 Å². The lowest BCUT2D eigenvalue weighted by atomic mass is 10.2. The largest absolute Gasteiger partial charge is 0.468 e. The molecule has 1 unspecified atom stereocenters. The lowest BCUT2D eigenvalue weighted by molar-refractivity contribution is -0.139. The van der Waals surface area contributed by atoms with Crippen LogP contribution in [0, 0.1) is 5.82 Å². The molecular weight excluding hydrogens is 361 g/mol. The maximum absolute atomic E-state index is 13.8. The van der Waals surface area contributed by atoms with Gasteiger partial charge in [-0.1, -0.05) is 6.92 Å². The summed E-state index contributed by atoms with van der Waals surface area (Å²) < 4.78 is 19.0. The Morgan fingerprint density at radius 2 is 2.14 bits per heavy atom. The zero-order chi connectivity index (χ0) is 16.0. The lowest BCUT2D eigenvalue weighted by Crippen LogP contribution is -2.15. The smallest absolute Gasteiger partial charge is 0.318 e. The van der Waals surface area contributed by atoms with Gasteiger partial charge in [0.05, 0.1) is 12.8 Å². The van der Waals surface area contributed by atoms with Gasteiger partial charge in [0.15, 0.2) is 0 Å². The molecule has 0 bridgehead atoms. The minimum Gasteiger partial charge on any atom is -0.468 e. The fourth-order valence-corrected chi connectivity index (χ4v) is 3.09. The number of anilines is 1. The van der Waals surface area contributed by atoms with E-state index in [0.717, 1.165) is 0 Å². The fourth-order valence-electron chi connectivity index (χ4n) is 1.56. The Labute approximate surface area is 135 Å². The van der Waals surface area contributed by atoms with E-state index in [9.17, 15) is 14.0 Å². The topological polar surface area (TPSA) is 55.4 Å². The molecule has 1 aromatic rings. The molecule has 0 heterocycles. The van der Waals surface area contributed by atoms with Crippen LogP contribution in [0.25, 0.3) is 0 Å². The second-order valence-electron chi connectivity index (χ2n) is 4.34. The van der Waals surface area contributed by atoms with Crippen molar-refractivity contribution in [2.24, 2.45) is 0 Å². The predicted octanol–water partition coefficient (Wildman–Crippen LogP) is 3.98. The fraction of sp³-hybridized carbons (Fsp3) is 0.429. The molecule has 0 aliphatic heterocycles. The van der Waals surface area contributed by atoms with E-state index in [2.05, 4.69) is 26.0 Å². The van der Waals surface area contributed by atoms with Gasteiger partial charge >= 0.3 is 5.97 Å². The number of thioether (sulfide) groups is 1. The maximum Gasteiger partial charge on any atom is 0.318 e. The van der Waals surface area contributed by atoms with Crippen molar-refractivity contribution in [3.8, 4) is 0 Å². The number of esters is 1. The van der Waals surface area contributed by atoms with E-state index in [1.54, 1.807) is 6.92 Å². The number of hydrogen-bond acceptors (Lipinski definition) is 4. The second kappa shape index (κ2) is 8.38. The molecule has 7 heteroatoms. The van der Waals surface area contributed by atoms with Gasteiger partial charge in [0, 0.05) is 15.8 Å². The molecule has 1 rings (SSSR count). The van der Waals surface area contributed by atoms with Crippen molar-refractivity contribution in [2.75, 3.05) is 12.4 Å². The van der Waals surface area contributed by atoms with Gasteiger partial charge in [-0.2, -0.15) is 0 Å². The number of halogens is 2. The average Bonchev–Trinajstić information content (AvgIpc) is 2.43. The van der Waals surface area contributed by atoms with Crippen molar-refractivity contribution in [1.29, 1.82) is 0 Å². The van der Waals surface area contributed by atoms with Crippen molar-refractivity contribution in [3.63, 3.8) is 0 Å². The van der Waals surface area contributed by atoms with Crippen LogP contribution in [0.4, 0.5) is 10.1 Å². The van der Waals surface area contributed by atoms with Crippen LogP contribution in [-0.2, 0) is 14.3 Å². The number of carbonyl (C=O) groups excluding carboxylic acids is 2. The maximum atomic E-state index is 13.8. The van der Waals surface area contributed by atoms with Crippen LogP contribution in [-0.4, -0.2) is 24.2 Å². The van der Waals surface area contributed by atoms with E-state index in [1.807, 2.05) is 6.92 Å². The summed E-state index contributed by atoms with van der Waals surface area (Å²) in [6, 6.07) is 2.78. The quantitative estimate of drug-likeness (QED) is 0.601. The van der Waals surface area contributed by atoms with Gasteiger partial charge in [-0.15, -0.1) is 11.8 Å². The molecule has 4 nitrogen and oxygen atoms in total. The Hall–Kier alpha value is -1.08. The van der Waals surface area contributed by atoms with E-state index in [1.165, 1.54) is 31.0 Å². The molecule has 0 spiro atoms. The molecule has 1 amide bonds. The normalized spacial score (nSPS) is 11.9. The van der Waals surface area contributed by atoms with Crippen molar-refractivity contribution in [3.05, 3.63) is 22.4 Å². The molecule has 0 radical (unpaired) electrons. The number of ether oxygens (including phenoxy) is 1. The van der Waals surface area contributed by atoms with E-state index in [4.69, 9.17) is 0 Å². The highest BCUT2D eigenvalue weighted by Gasteiger charge is 2.18. The average molecular weight is 378 g/mol. The predicted molar refractivity (Wildman–Crippen MR) is 85.0 cm³/mol. The summed E-state index contributed by atoms with van der Waals surface area (Å²) in [5.74, 6) is -1.13. The van der Waals surface area contributed by atoms with Crippen LogP contribution >= 0.6 is 27.7 Å². The van der Waals surface area contributed by atoms with Crippen LogP contribution in [0.15, 0.2) is 21.5 Å². The Morgan fingerprint density at radius 1 is 1.48 bits per heavy atom. The molecule has 0 saturated heterocycles.